The Morgan fingerprint density at radius 3 is 2.44 bits per heavy atom. The molecule has 9 heteroatoms. The number of aliphatic imine (C=N–C) groups is 1. The zero-order valence-electron chi connectivity index (χ0n) is 16.4. The second-order valence-corrected chi connectivity index (χ2v) is 8.58. The number of likely N-dealkylation sites (N-methyl/N-ethyl adjacent to an activating group) is 1. The van der Waals surface area contributed by atoms with Gasteiger partial charge < -0.3 is 19.9 Å². The third kappa shape index (κ3) is 7.89. The maximum Gasteiger partial charge on any atom is 0.216 e. The molecule has 25 heavy (non-hydrogen) atoms. The van der Waals surface area contributed by atoms with E-state index in [4.69, 9.17) is 4.74 Å². The zero-order chi connectivity index (χ0) is 18.9. The van der Waals surface area contributed by atoms with Crippen LogP contribution in [0.5, 0.6) is 0 Å². The van der Waals surface area contributed by atoms with Crippen molar-refractivity contribution in [3.05, 3.63) is 0 Å². The van der Waals surface area contributed by atoms with E-state index in [0.29, 0.717) is 26.2 Å². The van der Waals surface area contributed by atoms with Crippen molar-refractivity contribution in [2.75, 3.05) is 72.3 Å². The van der Waals surface area contributed by atoms with Crippen LogP contribution in [0.2, 0.25) is 0 Å². The van der Waals surface area contributed by atoms with Crippen LogP contribution in [-0.4, -0.2) is 107 Å². The largest absolute Gasteiger partial charge is 0.378 e. The van der Waals surface area contributed by atoms with Gasteiger partial charge in [0.05, 0.1) is 18.5 Å². The summed E-state index contributed by atoms with van der Waals surface area (Å²) >= 11 is 0. The molecule has 1 aliphatic heterocycles. The third-order valence-electron chi connectivity index (χ3n) is 4.25. The molecule has 0 radical (unpaired) electrons. The van der Waals surface area contributed by atoms with Gasteiger partial charge in [-0.2, -0.15) is 4.31 Å². The fraction of sp³-hybridized carbons (Fsp3) is 0.938. The average Bonchev–Trinajstić information content (AvgIpc) is 2.58. The number of ether oxygens (including phenoxy) is 1. The quantitative estimate of drug-likeness (QED) is 0.446. The highest BCUT2D eigenvalue weighted by atomic mass is 32.2. The van der Waals surface area contributed by atoms with Gasteiger partial charge in [-0.25, -0.2) is 8.42 Å². The van der Waals surface area contributed by atoms with Gasteiger partial charge in [0.1, 0.15) is 0 Å². The molecule has 1 aliphatic rings. The standard InChI is InChI=1S/C16H35N5O3S/c1-6-19(5)8-7-18-16(17-4)20-9-11-21(12-10-20)25(22,23)14-13-24-15(2)3/h15H,6-14H2,1-5H3,(H,17,18). The van der Waals surface area contributed by atoms with Gasteiger partial charge >= 0.3 is 0 Å². The summed E-state index contributed by atoms with van der Waals surface area (Å²) in [7, 11) is 0.591. The maximum atomic E-state index is 12.4. The fourth-order valence-corrected chi connectivity index (χ4v) is 3.83. The smallest absolute Gasteiger partial charge is 0.216 e. The van der Waals surface area contributed by atoms with Crippen LogP contribution in [0, 0.1) is 0 Å². The Morgan fingerprint density at radius 1 is 1.28 bits per heavy atom. The molecule has 148 valence electrons. The molecule has 0 bridgehead atoms. The van der Waals surface area contributed by atoms with Crippen LogP contribution < -0.4 is 5.32 Å². The van der Waals surface area contributed by atoms with Gasteiger partial charge in [-0.1, -0.05) is 6.92 Å². The number of hydrogen-bond donors (Lipinski definition) is 1. The Hall–Kier alpha value is -0.900. The minimum atomic E-state index is -3.25. The molecule has 0 saturated carbocycles. The molecule has 0 aromatic heterocycles. The molecule has 1 N–H and O–H groups in total. The molecule has 1 saturated heterocycles. The van der Waals surface area contributed by atoms with Crippen LogP contribution >= 0.6 is 0 Å². The summed E-state index contributed by atoms with van der Waals surface area (Å²) in [5.41, 5.74) is 0. The van der Waals surface area contributed by atoms with E-state index in [-0.39, 0.29) is 18.5 Å². The van der Waals surface area contributed by atoms with Gasteiger partial charge in [-0.15, -0.1) is 0 Å². The van der Waals surface area contributed by atoms with Crippen molar-refractivity contribution in [3.8, 4) is 0 Å². The minimum absolute atomic E-state index is 0.0432. The van der Waals surface area contributed by atoms with Crippen molar-refractivity contribution in [1.29, 1.82) is 0 Å². The van der Waals surface area contributed by atoms with Gasteiger partial charge in [-0.05, 0) is 27.4 Å². The Balaban J connectivity index is 2.43. The molecule has 1 heterocycles. The number of hydrogen-bond acceptors (Lipinski definition) is 5. The lowest BCUT2D eigenvalue weighted by Gasteiger charge is -2.36. The average molecular weight is 378 g/mol. The van der Waals surface area contributed by atoms with E-state index in [9.17, 15) is 8.42 Å². The molecule has 0 aliphatic carbocycles. The zero-order valence-corrected chi connectivity index (χ0v) is 17.2. The Morgan fingerprint density at radius 2 is 1.92 bits per heavy atom. The summed E-state index contributed by atoms with van der Waals surface area (Å²) in [6.07, 6.45) is 0.0493. The van der Waals surface area contributed by atoms with Gasteiger partial charge in [0.2, 0.25) is 10.0 Å². The van der Waals surface area contributed by atoms with Crippen molar-refractivity contribution in [2.24, 2.45) is 4.99 Å². The Bertz CT molecular complexity index is 502. The second-order valence-electron chi connectivity index (χ2n) is 6.49. The number of nitrogens with zero attached hydrogens (tertiary/aromatic N) is 4. The lowest BCUT2D eigenvalue weighted by atomic mass is 10.4. The second kappa shape index (κ2) is 10.9. The first kappa shape index (κ1) is 22.1. The predicted octanol–water partition coefficient (Wildman–Crippen LogP) is -0.114. The lowest BCUT2D eigenvalue weighted by molar-refractivity contribution is 0.0904. The van der Waals surface area contributed by atoms with Crippen LogP contribution in [0.15, 0.2) is 4.99 Å². The molecule has 0 spiro atoms. The first-order valence-electron chi connectivity index (χ1n) is 9.03. The van der Waals surface area contributed by atoms with E-state index >= 15 is 0 Å². The topological polar surface area (TPSA) is 77.5 Å². The summed E-state index contributed by atoms with van der Waals surface area (Å²) in [5, 5.41) is 3.35. The van der Waals surface area contributed by atoms with E-state index in [1.807, 2.05) is 13.8 Å². The van der Waals surface area contributed by atoms with Crippen molar-refractivity contribution < 1.29 is 13.2 Å². The van der Waals surface area contributed by atoms with E-state index in [0.717, 1.165) is 25.6 Å². The monoisotopic (exact) mass is 377 g/mol. The van der Waals surface area contributed by atoms with Crippen molar-refractivity contribution in [1.82, 2.24) is 19.4 Å². The maximum absolute atomic E-state index is 12.4. The van der Waals surface area contributed by atoms with Crippen molar-refractivity contribution in [3.63, 3.8) is 0 Å². The molecular weight excluding hydrogens is 342 g/mol. The van der Waals surface area contributed by atoms with Crippen LogP contribution in [-0.2, 0) is 14.8 Å². The molecule has 1 rings (SSSR count). The fourth-order valence-electron chi connectivity index (χ4n) is 2.55. The minimum Gasteiger partial charge on any atom is -0.378 e. The number of guanidine groups is 1. The van der Waals surface area contributed by atoms with Crippen LogP contribution in [0.4, 0.5) is 0 Å². The van der Waals surface area contributed by atoms with Crippen LogP contribution in [0.3, 0.4) is 0 Å². The van der Waals surface area contributed by atoms with Crippen LogP contribution in [0.25, 0.3) is 0 Å². The van der Waals surface area contributed by atoms with Crippen molar-refractivity contribution in [2.45, 2.75) is 26.9 Å². The van der Waals surface area contributed by atoms with E-state index in [1.54, 1.807) is 11.4 Å². The molecule has 0 aromatic carbocycles. The number of nitrogens with one attached hydrogen (secondary N) is 1. The highest BCUT2D eigenvalue weighted by Gasteiger charge is 2.27. The van der Waals surface area contributed by atoms with Gasteiger partial charge in [-0.3, -0.25) is 4.99 Å². The Kier molecular flexibility index (Phi) is 9.70. The molecule has 0 atom stereocenters. The highest BCUT2D eigenvalue weighted by Crippen LogP contribution is 2.09. The first-order valence-corrected chi connectivity index (χ1v) is 10.6. The third-order valence-corrected chi connectivity index (χ3v) is 6.09. The Labute approximate surface area is 153 Å². The van der Waals surface area contributed by atoms with Gasteiger partial charge in [0, 0.05) is 46.3 Å². The number of sulfonamides is 1. The van der Waals surface area contributed by atoms with E-state index in [2.05, 4.69) is 34.1 Å². The summed E-state index contributed by atoms with van der Waals surface area (Å²) in [5.74, 6) is 0.881. The normalized spacial score (nSPS) is 17.6. The van der Waals surface area contributed by atoms with Gasteiger partial charge in [0.15, 0.2) is 5.96 Å². The molecule has 0 aromatic rings. The number of rotatable bonds is 9. The lowest BCUT2D eigenvalue weighted by Crippen LogP contribution is -2.54. The van der Waals surface area contributed by atoms with Crippen LogP contribution in [0.1, 0.15) is 20.8 Å². The summed E-state index contributed by atoms with van der Waals surface area (Å²) < 4.78 is 31.7. The molecule has 1 fully saturated rings. The van der Waals surface area contributed by atoms with E-state index < -0.39 is 10.0 Å². The summed E-state index contributed by atoms with van der Waals surface area (Å²) in [6, 6.07) is 0. The highest BCUT2D eigenvalue weighted by molar-refractivity contribution is 7.89. The number of piperazine rings is 1. The molecular formula is C16H35N5O3S. The summed E-state index contributed by atoms with van der Waals surface area (Å²) in [4.78, 5) is 8.66. The molecule has 0 unspecified atom stereocenters. The van der Waals surface area contributed by atoms with E-state index in [1.165, 1.54) is 0 Å². The van der Waals surface area contributed by atoms with Crippen molar-refractivity contribution >= 4 is 16.0 Å². The molecule has 8 nitrogen and oxygen atoms in total. The SMILES string of the molecule is CCN(C)CCNC(=NC)N1CCN(S(=O)(=O)CCOC(C)C)CC1. The molecule has 0 amide bonds. The van der Waals surface area contributed by atoms with Gasteiger partial charge in [0.25, 0.3) is 0 Å². The first-order chi connectivity index (χ1) is 11.8. The summed E-state index contributed by atoms with van der Waals surface area (Å²) in [6.45, 7) is 11.2. The predicted molar refractivity (Wildman–Crippen MR) is 103 cm³/mol.